The minimum atomic E-state index is -0.0111. The Morgan fingerprint density at radius 3 is 2.83 bits per heavy atom. The van der Waals surface area contributed by atoms with E-state index < -0.39 is 0 Å². The largest absolute Gasteiger partial charge is 0.473 e. The van der Waals surface area contributed by atoms with Crippen LogP contribution in [0.2, 0.25) is 0 Å². The number of nitrogens with zero attached hydrogens (tertiary/aromatic N) is 4. The van der Waals surface area contributed by atoms with Crippen LogP contribution in [0.15, 0.2) is 73.3 Å². The fourth-order valence-corrected chi connectivity index (χ4v) is 3.88. The molecule has 1 saturated heterocycles. The molecule has 0 spiro atoms. The van der Waals surface area contributed by atoms with E-state index in [1.807, 2.05) is 58.5 Å². The van der Waals surface area contributed by atoms with Gasteiger partial charge in [0.25, 0.3) is 0 Å². The first-order valence-electron chi connectivity index (χ1n) is 10.2. The third-order valence-corrected chi connectivity index (χ3v) is 5.53. The summed E-state index contributed by atoms with van der Waals surface area (Å²) in [5.74, 6) is 1.23. The third-order valence-electron chi connectivity index (χ3n) is 5.53. The standard InChI is InChI=1S/C23H27N5O2/c1-2-23(29)26-12-6-9-20(14-26)27-15-21(24)28(17-27)19-10-11-22(25-13-19)30-16-18-7-4-3-5-8-18/h2-5,7-8,10-11,13,15,20H,1,6,9,12,14,16-17,24H2/t20-/m1/s1. The summed E-state index contributed by atoms with van der Waals surface area (Å²) in [6.07, 6.45) is 7.13. The fraction of sp³-hybridized carbons (Fsp3) is 0.304. The van der Waals surface area contributed by atoms with E-state index in [2.05, 4.69) is 16.5 Å². The Bertz CT molecular complexity index is 913. The second-order valence-electron chi connectivity index (χ2n) is 7.55. The first-order valence-corrected chi connectivity index (χ1v) is 10.2. The van der Waals surface area contributed by atoms with Crippen LogP contribution < -0.4 is 15.4 Å². The lowest BCUT2D eigenvalue weighted by molar-refractivity contribution is -0.127. The smallest absolute Gasteiger partial charge is 0.246 e. The molecule has 4 rings (SSSR count). The van der Waals surface area contributed by atoms with Crippen LogP contribution in [0.1, 0.15) is 18.4 Å². The van der Waals surface area contributed by atoms with Crippen molar-refractivity contribution in [1.29, 1.82) is 0 Å². The topological polar surface area (TPSA) is 74.9 Å². The van der Waals surface area contributed by atoms with E-state index in [-0.39, 0.29) is 11.9 Å². The van der Waals surface area contributed by atoms with Crippen molar-refractivity contribution >= 4 is 11.6 Å². The molecule has 2 N–H and O–H groups in total. The van der Waals surface area contributed by atoms with Crippen molar-refractivity contribution in [3.63, 3.8) is 0 Å². The number of pyridine rings is 1. The minimum Gasteiger partial charge on any atom is -0.473 e. The Labute approximate surface area is 177 Å². The maximum Gasteiger partial charge on any atom is 0.246 e. The maximum absolute atomic E-state index is 12.0. The van der Waals surface area contributed by atoms with Gasteiger partial charge in [-0.25, -0.2) is 4.98 Å². The van der Waals surface area contributed by atoms with Crippen LogP contribution in [0.25, 0.3) is 0 Å². The molecule has 2 aromatic rings. The zero-order chi connectivity index (χ0) is 20.9. The Morgan fingerprint density at radius 2 is 2.10 bits per heavy atom. The number of benzene rings is 1. The summed E-state index contributed by atoms with van der Waals surface area (Å²) in [6, 6.07) is 14.1. The number of anilines is 1. The van der Waals surface area contributed by atoms with Crippen molar-refractivity contribution in [1.82, 2.24) is 14.8 Å². The molecular weight excluding hydrogens is 378 g/mol. The predicted octanol–water partition coefficient (Wildman–Crippen LogP) is 2.67. The Kier molecular flexibility index (Phi) is 5.88. The number of carbonyl (C=O) groups excluding carboxylic acids is 1. The number of carbonyl (C=O) groups is 1. The molecule has 1 fully saturated rings. The number of amides is 1. The molecule has 7 nitrogen and oxygen atoms in total. The molecule has 0 unspecified atom stereocenters. The second kappa shape index (κ2) is 8.90. The summed E-state index contributed by atoms with van der Waals surface area (Å²) in [5.41, 5.74) is 8.30. The van der Waals surface area contributed by atoms with Gasteiger partial charge in [0.05, 0.1) is 18.6 Å². The number of hydrogen-bond donors (Lipinski definition) is 1. The number of aromatic nitrogens is 1. The highest BCUT2D eigenvalue weighted by molar-refractivity contribution is 5.87. The molecule has 0 radical (unpaired) electrons. The van der Waals surface area contributed by atoms with Crippen LogP contribution in [0.3, 0.4) is 0 Å². The van der Waals surface area contributed by atoms with Gasteiger partial charge in [0.1, 0.15) is 12.4 Å². The highest BCUT2D eigenvalue weighted by Crippen LogP contribution is 2.27. The van der Waals surface area contributed by atoms with Crippen molar-refractivity contribution < 1.29 is 9.53 Å². The average Bonchev–Trinajstić information content (AvgIpc) is 3.20. The van der Waals surface area contributed by atoms with Gasteiger partial charge in [0, 0.05) is 31.4 Å². The molecule has 2 aliphatic heterocycles. The highest BCUT2D eigenvalue weighted by Gasteiger charge is 2.30. The SMILES string of the molecule is C=CC(=O)N1CCC[C@@H](N2C=C(N)N(c3ccc(OCc4ccccc4)nc3)C2)C1. The van der Waals surface area contributed by atoms with Gasteiger partial charge in [-0.05, 0) is 30.5 Å². The van der Waals surface area contributed by atoms with E-state index in [0.717, 1.165) is 30.6 Å². The van der Waals surface area contributed by atoms with Crippen LogP contribution in [0, 0.1) is 0 Å². The van der Waals surface area contributed by atoms with Gasteiger partial charge >= 0.3 is 0 Å². The molecule has 3 heterocycles. The van der Waals surface area contributed by atoms with Crippen LogP contribution >= 0.6 is 0 Å². The first-order chi connectivity index (χ1) is 14.6. The van der Waals surface area contributed by atoms with Crippen molar-refractivity contribution in [2.75, 3.05) is 24.7 Å². The molecule has 0 aliphatic carbocycles. The van der Waals surface area contributed by atoms with Crippen LogP contribution in [0.5, 0.6) is 5.88 Å². The van der Waals surface area contributed by atoms with Crippen LogP contribution in [0.4, 0.5) is 5.69 Å². The molecule has 30 heavy (non-hydrogen) atoms. The molecule has 1 amide bonds. The quantitative estimate of drug-likeness (QED) is 0.745. The van der Waals surface area contributed by atoms with Crippen molar-refractivity contribution in [3.8, 4) is 5.88 Å². The number of nitrogens with two attached hydrogens (primary N) is 1. The van der Waals surface area contributed by atoms with E-state index in [4.69, 9.17) is 10.5 Å². The normalized spacial score (nSPS) is 18.9. The van der Waals surface area contributed by atoms with E-state index in [1.165, 1.54) is 6.08 Å². The average molecular weight is 406 g/mol. The molecule has 0 saturated carbocycles. The predicted molar refractivity (Wildman–Crippen MR) is 116 cm³/mol. The number of rotatable bonds is 6. The van der Waals surface area contributed by atoms with Gasteiger partial charge in [-0.15, -0.1) is 0 Å². The monoisotopic (exact) mass is 405 g/mol. The lowest BCUT2D eigenvalue weighted by atomic mass is 10.0. The van der Waals surface area contributed by atoms with Crippen molar-refractivity contribution in [2.45, 2.75) is 25.5 Å². The Morgan fingerprint density at radius 1 is 1.27 bits per heavy atom. The number of likely N-dealkylation sites (tertiary alicyclic amines) is 1. The highest BCUT2D eigenvalue weighted by atomic mass is 16.5. The van der Waals surface area contributed by atoms with Crippen LogP contribution in [-0.4, -0.2) is 46.5 Å². The molecule has 1 aromatic carbocycles. The van der Waals surface area contributed by atoms with E-state index >= 15 is 0 Å². The molecule has 156 valence electrons. The number of piperidine rings is 1. The van der Waals surface area contributed by atoms with Gasteiger partial charge in [0.15, 0.2) is 0 Å². The van der Waals surface area contributed by atoms with E-state index in [0.29, 0.717) is 31.5 Å². The summed E-state index contributed by atoms with van der Waals surface area (Å²) >= 11 is 0. The van der Waals surface area contributed by atoms with Gasteiger partial charge < -0.3 is 25.2 Å². The van der Waals surface area contributed by atoms with Gasteiger partial charge in [-0.3, -0.25) is 4.79 Å². The molecule has 1 aromatic heterocycles. The summed E-state index contributed by atoms with van der Waals surface area (Å²) < 4.78 is 5.77. The Hall–Kier alpha value is -3.48. The summed E-state index contributed by atoms with van der Waals surface area (Å²) in [7, 11) is 0. The zero-order valence-electron chi connectivity index (χ0n) is 17.0. The summed E-state index contributed by atoms with van der Waals surface area (Å²) in [5, 5.41) is 0. The molecule has 1 atom stereocenters. The molecular formula is C23H27N5O2. The third kappa shape index (κ3) is 4.40. The minimum absolute atomic E-state index is 0.0111. The zero-order valence-corrected chi connectivity index (χ0v) is 17.0. The van der Waals surface area contributed by atoms with E-state index in [9.17, 15) is 4.79 Å². The van der Waals surface area contributed by atoms with Gasteiger partial charge in [-0.1, -0.05) is 36.9 Å². The molecule has 0 bridgehead atoms. The summed E-state index contributed by atoms with van der Waals surface area (Å²) in [4.78, 5) is 22.5. The fourth-order valence-electron chi connectivity index (χ4n) is 3.88. The first kappa shape index (κ1) is 19.8. The van der Waals surface area contributed by atoms with E-state index in [1.54, 1.807) is 6.20 Å². The summed E-state index contributed by atoms with van der Waals surface area (Å²) in [6.45, 7) is 6.19. The lowest BCUT2D eigenvalue weighted by Crippen LogP contribution is -2.48. The molecule has 7 heteroatoms. The molecule has 2 aliphatic rings. The van der Waals surface area contributed by atoms with Gasteiger partial charge in [0.2, 0.25) is 11.8 Å². The van der Waals surface area contributed by atoms with Crippen LogP contribution in [-0.2, 0) is 11.4 Å². The number of ether oxygens (including phenoxy) is 1. The Balaban J connectivity index is 1.36. The lowest BCUT2D eigenvalue weighted by Gasteiger charge is -2.37. The van der Waals surface area contributed by atoms with Crippen molar-refractivity contribution in [3.05, 3.63) is 78.9 Å². The second-order valence-corrected chi connectivity index (χ2v) is 7.55. The van der Waals surface area contributed by atoms with Crippen molar-refractivity contribution in [2.24, 2.45) is 5.73 Å². The van der Waals surface area contributed by atoms with Gasteiger partial charge in [-0.2, -0.15) is 0 Å². The maximum atomic E-state index is 12.0. The number of hydrogen-bond acceptors (Lipinski definition) is 6.